The number of rotatable bonds is 2. The molecule has 0 saturated carbocycles. The molecule has 0 bridgehead atoms. The van der Waals surface area contributed by atoms with Gasteiger partial charge in [0.1, 0.15) is 5.75 Å². The van der Waals surface area contributed by atoms with Crippen LogP contribution in [0.15, 0.2) is 18.2 Å². The van der Waals surface area contributed by atoms with Crippen molar-refractivity contribution in [3.8, 4) is 5.75 Å². The minimum atomic E-state index is -0.421. The maximum atomic E-state index is 10.5. The molecule has 0 aliphatic carbocycles. The number of ether oxygens (including phenoxy) is 1. The molecule has 68 valence electrons. The monoisotopic (exact) mass is 198 g/mol. The van der Waals surface area contributed by atoms with Gasteiger partial charge in [0.15, 0.2) is 6.29 Å². The van der Waals surface area contributed by atoms with Crippen LogP contribution in [0.5, 0.6) is 5.75 Å². The third-order valence-corrected chi connectivity index (χ3v) is 1.69. The Bertz CT molecular complexity index is 347. The van der Waals surface area contributed by atoms with Crippen LogP contribution in [0.25, 0.3) is 0 Å². The lowest BCUT2D eigenvalue weighted by Gasteiger charge is -2.01. The summed E-state index contributed by atoms with van der Waals surface area (Å²) >= 11 is 5.69. The van der Waals surface area contributed by atoms with Gasteiger partial charge in [0.2, 0.25) is 0 Å². The van der Waals surface area contributed by atoms with Crippen molar-refractivity contribution < 1.29 is 14.3 Å². The quantitative estimate of drug-likeness (QED) is 0.415. The van der Waals surface area contributed by atoms with Crippen LogP contribution in [-0.4, -0.2) is 12.3 Å². The van der Waals surface area contributed by atoms with Crippen LogP contribution < -0.4 is 4.74 Å². The molecule has 0 unspecified atom stereocenters. The van der Waals surface area contributed by atoms with Crippen LogP contribution >= 0.6 is 11.6 Å². The SMILES string of the molecule is CC(=O)Oc1ccc(C=O)c(Cl)c1. The minimum absolute atomic E-state index is 0.272. The fourth-order valence-corrected chi connectivity index (χ4v) is 1.05. The van der Waals surface area contributed by atoms with Gasteiger partial charge in [-0.25, -0.2) is 0 Å². The van der Waals surface area contributed by atoms with Gasteiger partial charge in [0.25, 0.3) is 0 Å². The van der Waals surface area contributed by atoms with Crippen molar-refractivity contribution in [3.05, 3.63) is 28.8 Å². The first-order valence-corrected chi connectivity index (χ1v) is 3.94. The van der Waals surface area contributed by atoms with E-state index in [1.165, 1.54) is 25.1 Å². The van der Waals surface area contributed by atoms with E-state index >= 15 is 0 Å². The molecule has 0 amide bonds. The molecule has 1 aromatic rings. The summed E-state index contributed by atoms with van der Waals surface area (Å²) < 4.78 is 4.76. The molecule has 4 heteroatoms. The second-order valence-electron chi connectivity index (χ2n) is 2.39. The highest BCUT2D eigenvalue weighted by molar-refractivity contribution is 6.33. The largest absolute Gasteiger partial charge is 0.427 e. The number of hydrogen-bond donors (Lipinski definition) is 0. The number of esters is 1. The third kappa shape index (κ3) is 2.56. The van der Waals surface area contributed by atoms with Crippen molar-refractivity contribution in [2.24, 2.45) is 0 Å². The second kappa shape index (κ2) is 4.05. The van der Waals surface area contributed by atoms with Crippen molar-refractivity contribution in [1.29, 1.82) is 0 Å². The predicted molar refractivity (Wildman–Crippen MR) is 48.1 cm³/mol. The van der Waals surface area contributed by atoms with E-state index in [0.29, 0.717) is 17.6 Å². The molecule has 0 aromatic heterocycles. The van der Waals surface area contributed by atoms with Gasteiger partial charge in [-0.1, -0.05) is 11.6 Å². The molecule has 0 fully saturated rings. The van der Waals surface area contributed by atoms with E-state index in [1.807, 2.05) is 0 Å². The Morgan fingerprint density at radius 1 is 1.54 bits per heavy atom. The molecule has 13 heavy (non-hydrogen) atoms. The summed E-state index contributed by atoms with van der Waals surface area (Å²) in [6.07, 6.45) is 0.639. The van der Waals surface area contributed by atoms with Crippen molar-refractivity contribution in [2.45, 2.75) is 6.92 Å². The zero-order valence-electron chi connectivity index (χ0n) is 6.91. The number of hydrogen-bond acceptors (Lipinski definition) is 3. The molecule has 0 heterocycles. The molecule has 0 aliphatic rings. The van der Waals surface area contributed by atoms with Crippen LogP contribution in [-0.2, 0) is 4.79 Å². The topological polar surface area (TPSA) is 43.4 Å². The summed E-state index contributed by atoms with van der Waals surface area (Å²) in [6.45, 7) is 1.29. The van der Waals surface area contributed by atoms with E-state index in [1.54, 1.807) is 0 Å². The van der Waals surface area contributed by atoms with Crippen LogP contribution in [0.1, 0.15) is 17.3 Å². The molecule has 0 spiro atoms. The summed E-state index contributed by atoms with van der Waals surface area (Å²) in [7, 11) is 0. The lowest BCUT2D eigenvalue weighted by molar-refractivity contribution is -0.131. The number of halogens is 1. The smallest absolute Gasteiger partial charge is 0.308 e. The summed E-state index contributed by atoms with van der Waals surface area (Å²) in [4.78, 5) is 20.9. The molecule has 0 saturated heterocycles. The van der Waals surface area contributed by atoms with E-state index in [0.717, 1.165) is 0 Å². The van der Waals surface area contributed by atoms with Crippen molar-refractivity contribution in [1.82, 2.24) is 0 Å². The highest BCUT2D eigenvalue weighted by Gasteiger charge is 2.02. The van der Waals surface area contributed by atoms with Crippen LogP contribution in [0.2, 0.25) is 5.02 Å². The minimum Gasteiger partial charge on any atom is -0.427 e. The van der Waals surface area contributed by atoms with Crippen LogP contribution in [0.3, 0.4) is 0 Å². The Hall–Kier alpha value is -1.35. The Labute approximate surface area is 80.3 Å². The summed E-state index contributed by atoms with van der Waals surface area (Å²) in [6, 6.07) is 4.43. The Morgan fingerprint density at radius 2 is 2.23 bits per heavy atom. The highest BCUT2D eigenvalue weighted by Crippen LogP contribution is 2.21. The van der Waals surface area contributed by atoms with Crippen molar-refractivity contribution >= 4 is 23.9 Å². The fourth-order valence-electron chi connectivity index (χ4n) is 0.833. The Balaban J connectivity index is 2.95. The van der Waals surface area contributed by atoms with E-state index < -0.39 is 5.97 Å². The van der Waals surface area contributed by atoms with E-state index in [9.17, 15) is 9.59 Å². The van der Waals surface area contributed by atoms with Gasteiger partial charge in [-0.2, -0.15) is 0 Å². The molecule has 0 radical (unpaired) electrons. The molecular formula is C9H7ClO3. The Morgan fingerprint density at radius 3 is 2.69 bits per heavy atom. The third-order valence-electron chi connectivity index (χ3n) is 1.36. The number of benzene rings is 1. The fraction of sp³-hybridized carbons (Fsp3) is 0.111. The zero-order valence-corrected chi connectivity index (χ0v) is 7.67. The normalized spacial score (nSPS) is 9.38. The van der Waals surface area contributed by atoms with Crippen LogP contribution in [0.4, 0.5) is 0 Å². The molecule has 0 atom stereocenters. The summed E-state index contributed by atoms with van der Waals surface area (Å²) in [5.41, 5.74) is 0.373. The molecule has 1 aromatic carbocycles. The van der Waals surface area contributed by atoms with E-state index in [2.05, 4.69) is 0 Å². The first-order valence-electron chi connectivity index (χ1n) is 3.56. The van der Waals surface area contributed by atoms with Crippen molar-refractivity contribution in [3.63, 3.8) is 0 Å². The van der Waals surface area contributed by atoms with Crippen LogP contribution in [0, 0.1) is 0 Å². The van der Waals surface area contributed by atoms with Gasteiger partial charge in [-0.05, 0) is 12.1 Å². The van der Waals surface area contributed by atoms with Gasteiger partial charge in [0.05, 0.1) is 5.02 Å². The highest BCUT2D eigenvalue weighted by atomic mass is 35.5. The average molecular weight is 199 g/mol. The molecule has 0 aliphatic heterocycles. The van der Waals surface area contributed by atoms with Gasteiger partial charge in [-0.15, -0.1) is 0 Å². The molecule has 1 rings (SSSR count). The first kappa shape index (κ1) is 9.74. The van der Waals surface area contributed by atoms with Gasteiger partial charge < -0.3 is 4.74 Å². The molecular weight excluding hydrogens is 192 g/mol. The maximum absolute atomic E-state index is 10.5. The lowest BCUT2D eigenvalue weighted by atomic mass is 10.2. The Kier molecular flexibility index (Phi) is 3.03. The first-order chi connectivity index (χ1) is 6.13. The standard InChI is InChI=1S/C9H7ClO3/c1-6(12)13-8-3-2-7(5-11)9(10)4-8/h2-5H,1H3. The van der Waals surface area contributed by atoms with E-state index in [-0.39, 0.29) is 5.02 Å². The van der Waals surface area contributed by atoms with Gasteiger partial charge in [-0.3, -0.25) is 9.59 Å². The molecule has 3 nitrogen and oxygen atoms in total. The van der Waals surface area contributed by atoms with Gasteiger partial charge >= 0.3 is 5.97 Å². The van der Waals surface area contributed by atoms with E-state index in [4.69, 9.17) is 16.3 Å². The predicted octanol–water partition coefficient (Wildman–Crippen LogP) is 2.08. The van der Waals surface area contributed by atoms with Crippen molar-refractivity contribution in [2.75, 3.05) is 0 Å². The zero-order chi connectivity index (χ0) is 9.84. The molecule has 0 N–H and O–H groups in total. The number of aldehydes is 1. The number of carbonyl (C=O) groups is 2. The summed E-state index contributed by atoms with van der Waals surface area (Å²) in [5.74, 6) is -0.0852. The maximum Gasteiger partial charge on any atom is 0.308 e. The summed E-state index contributed by atoms with van der Waals surface area (Å²) in [5, 5.41) is 0.272. The lowest BCUT2D eigenvalue weighted by Crippen LogP contribution is -2.01. The number of carbonyl (C=O) groups excluding carboxylic acids is 2. The average Bonchev–Trinajstić information content (AvgIpc) is 2.03. The second-order valence-corrected chi connectivity index (χ2v) is 2.80. The van der Waals surface area contributed by atoms with Gasteiger partial charge in [0, 0.05) is 18.6 Å².